The fraction of sp³-hybridized carbons (Fsp3) is 0.500. The Morgan fingerprint density at radius 1 is 1.21 bits per heavy atom. The predicted molar refractivity (Wildman–Crippen MR) is 173 cm³/mol. The summed E-state index contributed by atoms with van der Waals surface area (Å²) >= 11 is 1.57. The first kappa shape index (κ1) is 34.0. The van der Waals surface area contributed by atoms with E-state index >= 15 is 0 Å². The average molecular weight is 687 g/mol. The third-order valence-corrected chi connectivity index (χ3v) is 9.43. The molecule has 2 aromatic heterocycles. The van der Waals surface area contributed by atoms with E-state index in [1.165, 1.54) is 16.8 Å². The van der Waals surface area contributed by atoms with Crippen molar-refractivity contribution in [1.82, 2.24) is 40.1 Å². The van der Waals surface area contributed by atoms with Gasteiger partial charge in [0.15, 0.2) is 11.9 Å². The lowest BCUT2D eigenvalue weighted by atomic mass is 10.0. The van der Waals surface area contributed by atoms with E-state index in [-0.39, 0.29) is 35.3 Å². The number of nitrogens with one attached hydrogen (secondary N) is 2. The van der Waals surface area contributed by atoms with Gasteiger partial charge in [0.1, 0.15) is 17.9 Å². The van der Waals surface area contributed by atoms with Crippen LogP contribution in [-0.4, -0.2) is 112 Å². The highest BCUT2D eigenvalue weighted by Gasteiger charge is 2.34. The van der Waals surface area contributed by atoms with Crippen LogP contribution in [0.15, 0.2) is 59.6 Å². The zero-order valence-electron chi connectivity index (χ0n) is 27.1. The molecule has 3 aliphatic rings. The number of hydrogen-bond acceptors (Lipinski definition) is 11. The molecular weight excluding hydrogens is 646 g/mol. The highest BCUT2D eigenvalue weighted by molar-refractivity contribution is 7.99. The number of carbonyl (C=O) groups excluding carboxylic acids is 2. The smallest absolute Gasteiger partial charge is 0.387 e. The van der Waals surface area contributed by atoms with Gasteiger partial charge in [-0.2, -0.15) is 13.9 Å². The molecule has 6 rings (SSSR count). The van der Waals surface area contributed by atoms with Crippen LogP contribution in [0.4, 0.5) is 8.78 Å². The molecule has 0 radical (unpaired) electrons. The van der Waals surface area contributed by atoms with E-state index in [9.17, 15) is 18.4 Å². The van der Waals surface area contributed by atoms with Gasteiger partial charge in [0.2, 0.25) is 5.91 Å². The van der Waals surface area contributed by atoms with E-state index in [0.29, 0.717) is 55.8 Å². The van der Waals surface area contributed by atoms with Crippen LogP contribution in [0.2, 0.25) is 0 Å². The molecule has 5 heterocycles. The van der Waals surface area contributed by atoms with Gasteiger partial charge in [-0.1, -0.05) is 13.8 Å². The number of likely N-dealkylation sites (tertiary alicyclic amines) is 1. The predicted octanol–water partition coefficient (Wildman–Crippen LogP) is 3.26. The third kappa shape index (κ3) is 8.06. The zero-order chi connectivity index (χ0) is 33.8. The molecule has 2 fully saturated rings. The molecule has 2 saturated heterocycles. The van der Waals surface area contributed by atoms with E-state index in [0.717, 1.165) is 17.7 Å². The summed E-state index contributed by atoms with van der Waals surface area (Å²) in [5.74, 6) is -0.631. The Kier molecular flexibility index (Phi) is 10.8. The number of aromatic nitrogens is 3. The Bertz CT molecular complexity index is 1630. The summed E-state index contributed by atoms with van der Waals surface area (Å²) in [6.07, 6.45) is 7.68. The quantitative estimate of drug-likeness (QED) is 0.273. The Hall–Kier alpha value is -3.83. The summed E-state index contributed by atoms with van der Waals surface area (Å²) in [6.45, 7) is 4.04. The van der Waals surface area contributed by atoms with Crippen molar-refractivity contribution in [2.75, 3.05) is 46.4 Å². The molecule has 16 heteroatoms. The first-order valence-corrected chi connectivity index (χ1v) is 16.8. The van der Waals surface area contributed by atoms with Gasteiger partial charge in [-0.05, 0) is 44.2 Å². The summed E-state index contributed by atoms with van der Waals surface area (Å²) in [5.41, 5.74) is 4.58. The zero-order valence-corrected chi connectivity index (χ0v) is 27.9. The fourth-order valence-corrected chi connectivity index (χ4v) is 7.02. The molecule has 1 unspecified atom stereocenters. The number of amides is 2. The molecule has 2 N–H and O–H groups in total. The van der Waals surface area contributed by atoms with Crippen molar-refractivity contribution in [3.63, 3.8) is 0 Å². The van der Waals surface area contributed by atoms with Crippen molar-refractivity contribution in [3.05, 3.63) is 65.9 Å². The van der Waals surface area contributed by atoms with Gasteiger partial charge in [0, 0.05) is 60.0 Å². The van der Waals surface area contributed by atoms with Gasteiger partial charge in [-0.25, -0.2) is 14.9 Å². The van der Waals surface area contributed by atoms with Crippen LogP contribution in [-0.2, 0) is 14.3 Å². The number of alkyl halides is 2. The summed E-state index contributed by atoms with van der Waals surface area (Å²) in [6, 6.07) is 6.19. The van der Waals surface area contributed by atoms with E-state index in [4.69, 9.17) is 14.2 Å². The summed E-state index contributed by atoms with van der Waals surface area (Å²) in [4.78, 5) is 36.3. The maximum Gasteiger partial charge on any atom is 0.387 e. The van der Waals surface area contributed by atoms with Crippen molar-refractivity contribution in [1.29, 1.82) is 0 Å². The lowest BCUT2D eigenvalue weighted by Crippen LogP contribution is -2.49. The SMILES string of the molecule is CC(C)Sc1ccc(OC(F)F)c(C2NN(CC(=O)N3CCC(N(C)CC4OCCO4)CC3)C=C2NC(=O)c2cnn3cccnc23)c1. The van der Waals surface area contributed by atoms with Gasteiger partial charge < -0.3 is 29.4 Å². The summed E-state index contributed by atoms with van der Waals surface area (Å²) < 4.78 is 44.7. The highest BCUT2D eigenvalue weighted by Crippen LogP contribution is 2.37. The molecule has 13 nitrogen and oxygen atoms in total. The fourth-order valence-electron chi connectivity index (χ4n) is 6.13. The summed E-state index contributed by atoms with van der Waals surface area (Å²) in [5, 5.41) is 8.93. The monoisotopic (exact) mass is 686 g/mol. The molecule has 258 valence electrons. The van der Waals surface area contributed by atoms with Crippen molar-refractivity contribution >= 4 is 29.2 Å². The number of likely N-dealkylation sites (N-methyl/N-ethyl adjacent to an activating group) is 1. The van der Waals surface area contributed by atoms with Gasteiger partial charge in [0.25, 0.3) is 5.91 Å². The summed E-state index contributed by atoms with van der Waals surface area (Å²) in [7, 11) is 2.05. The minimum Gasteiger partial charge on any atom is -0.434 e. The van der Waals surface area contributed by atoms with Crippen LogP contribution < -0.4 is 15.5 Å². The minimum atomic E-state index is -3.06. The largest absolute Gasteiger partial charge is 0.434 e. The molecular formula is C32H40F2N8O5S. The standard InChI is InChI=1S/C32H40F2N8O5S/c1-20(2)48-22-5-6-26(47-32(33)34)23(15-22)29-25(37-31(44)24-16-36-42-10-4-9-35-30(24)42)17-41(38-29)18-27(43)40-11-7-21(8-12-40)39(3)19-28-45-13-14-46-28/h4-6,9-10,15-17,20-21,28-29,32,38H,7-8,11-14,18-19H2,1-3H3,(H,37,44). The van der Waals surface area contributed by atoms with E-state index in [2.05, 4.69) is 25.7 Å². The maximum absolute atomic E-state index is 13.6. The van der Waals surface area contributed by atoms with Gasteiger partial charge in [-0.15, -0.1) is 11.8 Å². The Morgan fingerprint density at radius 2 is 1.98 bits per heavy atom. The Labute approximate surface area is 281 Å². The number of piperidine rings is 1. The van der Waals surface area contributed by atoms with Crippen LogP contribution in [0.1, 0.15) is 48.7 Å². The third-order valence-electron chi connectivity index (χ3n) is 8.44. The van der Waals surface area contributed by atoms with Crippen molar-refractivity contribution in [2.45, 2.75) is 61.8 Å². The number of halogens is 2. The first-order valence-electron chi connectivity index (χ1n) is 16.0. The number of fused-ring (bicyclic) bond motifs is 1. The minimum absolute atomic E-state index is 0.0378. The molecule has 3 aliphatic heterocycles. The van der Waals surface area contributed by atoms with E-state index in [1.54, 1.807) is 53.6 Å². The topological polar surface area (TPSA) is 126 Å². The molecule has 0 bridgehead atoms. The molecule has 3 aromatic rings. The van der Waals surface area contributed by atoms with Crippen LogP contribution in [0.3, 0.4) is 0 Å². The van der Waals surface area contributed by atoms with E-state index in [1.807, 2.05) is 25.8 Å². The van der Waals surface area contributed by atoms with Gasteiger partial charge in [0.05, 0.1) is 31.1 Å². The lowest BCUT2D eigenvalue weighted by molar-refractivity contribution is -0.134. The second kappa shape index (κ2) is 15.2. The molecule has 0 spiro atoms. The normalized spacial score (nSPS) is 19.2. The number of ether oxygens (including phenoxy) is 3. The molecule has 1 atom stereocenters. The number of thioether (sulfide) groups is 1. The molecule has 0 aliphatic carbocycles. The number of benzene rings is 1. The van der Waals surface area contributed by atoms with Crippen LogP contribution in [0.25, 0.3) is 5.65 Å². The number of hydrogen-bond donors (Lipinski definition) is 2. The molecule has 1 aromatic carbocycles. The van der Waals surface area contributed by atoms with E-state index < -0.39 is 18.6 Å². The Morgan fingerprint density at radius 3 is 2.71 bits per heavy atom. The average Bonchev–Trinajstić information content (AvgIpc) is 3.82. The van der Waals surface area contributed by atoms with Crippen LogP contribution in [0.5, 0.6) is 5.75 Å². The van der Waals surface area contributed by atoms with Gasteiger partial charge >= 0.3 is 6.61 Å². The number of rotatable bonds is 12. The number of nitrogens with zero attached hydrogens (tertiary/aromatic N) is 6. The molecule has 48 heavy (non-hydrogen) atoms. The van der Waals surface area contributed by atoms with Crippen molar-refractivity contribution in [2.24, 2.45) is 0 Å². The van der Waals surface area contributed by atoms with Crippen LogP contribution >= 0.6 is 11.8 Å². The highest BCUT2D eigenvalue weighted by atomic mass is 32.2. The van der Waals surface area contributed by atoms with Crippen molar-refractivity contribution < 1.29 is 32.6 Å². The number of carbonyl (C=O) groups is 2. The maximum atomic E-state index is 13.6. The van der Waals surface area contributed by atoms with Crippen LogP contribution in [0, 0.1) is 0 Å². The first-order chi connectivity index (χ1) is 23.1. The molecule has 2 amide bonds. The second-order valence-corrected chi connectivity index (χ2v) is 13.8. The Balaban J connectivity index is 1.20. The second-order valence-electron chi connectivity index (χ2n) is 12.1. The number of hydrazine groups is 1. The lowest BCUT2D eigenvalue weighted by Gasteiger charge is -2.37. The molecule has 0 saturated carbocycles. The van der Waals surface area contributed by atoms with Gasteiger partial charge in [-0.3, -0.25) is 14.5 Å². The van der Waals surface area contributed by atoms with Crippen molar-refractivity contribution in [3.8, 4) is 5.75 Å².